The highest BCUT2D eigenvalue weighted by atomic mass is 32.1. The van der Waals surface area contributed by atoms with Crippen molar-refractivity contribution in [2.24, 2.45) is 0 Å². The van der Waals surface area contributed by atoms with Gasteiger partial charge in [-0.25, -0.2) is 24.9 Å². The van der Waals surface area contributed by atoms with Crippen LogP contribution in [0.2, 0.25) is 0 Å². The zero-order chi connectivity index (χ0) is 19.1. The van der Waals surface area contributed by atoms with Gasteiger partial charge in [-0.3, -0.25) is 4.57 Å². The predicted molar refractivity (Wildman–Crippen MR) is 112 cm³/mol. The standard InChI is InChI=1S/C18H20N8S2/c1-11-7-12(3-4-20-11)25(2)18-24-17-16(28-18)23-15(27-17)13-8-22-14(9-21-13)26-6-5-19-10-26/h5-6,8-12,20H,3-4,7H2,1-2H3/t11-,12+/m0/s1. The number of rotatable bonds is 4. The molecule has 0 spiro atoms. The largest absolute Gasteiger partial charge is 0.348 e. The van der Waals surface area contributed by atoms with Gasteiger partial charge in [0, 0.05) is 31.5 Å². The van der Waals surface area contributed by atoms with Crippen LogP contribution in [0.1, 0.15) is 19.8 Å². The molecule has 1 aliphatic rings. The Hall–Kier alpha value is -2.43. The molecule has 144 valence electrons. The molecule has 1 N–H and O–H groups in total. The number of thiazole rings is 2. The van der Waals surface area contributed by atoms with Gasteiger partial charge in [0.1, 0.15) is 17.0 Å². The van der Waals surface area contributed by atoms with Crippen molar-refractivity contribution < 1.29 is 0 Å². The molecule has 5 rings (SSSR count). The fourth-order valence-corrected chi connectivity index (χ4v) is 5.50. The molecule has 0 amide bonds. The minimum absolute atomic E-state index is 0.526. The topological polar surface area (TPSA) is 84.7 Å². The minimum Gasteiger partial charge on any atom is -0.348 e. The average Bonchev–Trinajstić information content (AvgIpc) is 3.44. The summed E-state index contributed by atoms with van der Waals surface area (Å²) in [6.45, 7) is 3.30. The molecule has 0 saturated carbocycles. The van der Waals surface area contributed by atoms with Crippen LogP contribution in [0.5, 0.6) is 0 Å². The van der Waals surface area contributed by atoms with Gasteiger partial charge in [0.25, 0.3) is 0 Å². The van der Waals surface area contributed by atoms with Crippen LogP contribution in [0, 0.1) is 0 Å². The summed E-state index contributed by atoms with van der Waals surface area (Å²) in [6.07, 6.45) is 11.0. The molecule has 1 fully saturated rings. The first-order valence-electron chi connectivity index (χ1n) is 9.21. The fourth-order valence-electron chi connectivity index (χ4n) is 3.47. The van der Waals surface area contributed by atoms with E-state index in [1.807, 2.05) is 10.8 Å². The molecule has 0 aliphatic carbocycles. The number of imidazole rings is 1. The molecule has 10 heteroatoms. The lowest BCUT2D eigenvalue weighted by Gasteiger charge is -2.34. The Morgan fingerprint density at radius 1 is 1.18 bits per heavy atom. The number of anilines is 1. The van der Waals surface area contributed by atoms with Crippen LogP contribution in [-0.4, -0.2) is 55.2 Å². The van der Waals surface area contributed by atoms with Crippen molar-refractivity contribution in [3.05, 3.63) is 31.1 Å². The second-order valence-corrected chi connectivity index (χ2v) is 8.93. The summed E-state index contributed by atoms with van der Waals surface area (Å²) >= 11 is 3.22. The third kappa shape index (κ3) is 3.27. The average molecular weight is 413 g/mol. The highest BCUT2D eigenvalue weighted by Crippen LogP contribution is 2.36. The highest BCUT2D eigenvalue weighted by Gasteiger charge is 2.25. The number of fused-ring (bicyclic) bond motifs is 1. The van der Waals surface area contributed by atoms with Crippen molar-refractivity contribution in [3.8, 4) is 16.5 Å². The molecule has 2 atom stereocenters. The predicted octanol–water partition coefficient (Wildman–Crippen LogP) is 2.97. The van der Waals surface area contributed by atoms with Crippen molar-refractivity contribution in [1.82, 2.24) is 34.8 Å². The first kappa shape index (κ1) is 17.7. The normalized spacial score (nSPS) is 19.9. The molecule has 28 heavy (non-hydrogen) atoms. The van der Waals surface area contributed by atoms with Crippen LogP contribution >= 0.6 is 22.7 Å². The van der Waals surface area contributed by atoms with Crippen molar-refractivity contribution in [2.75, 3.05) is 18.5 Å². The first-order chi connectivity index (χ1) is 13.7. The quantitative estimate of drug-likeness (QED) is 0.551. The van der Waals surface area contributed by atoms with Crippen LogP contribution < -0.4 is 10.2 Å². The summed E-state index contributed by atoms with van der Waals surface area (Å²) in [6, 6.07) is 1.08. The molecule has 0 radical (unpaired) electrons. The Kier molecular flexibility index (Phi) is 4.53. The second-order valence-electron chi connectivity index (χ2n) is 7.00. The van der Waals surface area contributed by atoms with Crippen molar-refractivity contribution in [2.45, 2.75) is 31.8 Å². The van der Waals surface area contributed by atoms with Gasteiger partial charge in [-0.15, -0.1) is 0 Å². The summed E-state index contributed by atoms with van der Waals surface area (Å²) in [5, 5.41) is 5.40. The van der Waals surface area contributed by atoms with Crippen LogP contribution in [-0.2, 0) is 0 Å². The van der Waals surface area contributed by atoms with E-state index in [-0.39, 0.29) is 0 Å². The molecule has 1 aliphatic heterocycles. The van der Waals surface area contributed by atoms with E-state index in [1.165, 1.54) is 0 Å². The van der Waals surface area contributed by atoms with E-state index in [0.717, 1.165) is 50.7 Å². The van der Waals surface area contributed by atoms with E-state index in [4.69, 9.17) is 9.97 Å². The van der Waals surface area contributed by atoms with Crippen molar-refractivity contribution >= 4 is 37.5 Å². The van der Waals surface area contributed by atoms with Crippen LogP contribution in [0.4, 0.5) is 5.13 Å². The lowest BCUT2D eigenvalue weighted by atomic mass is 10.00. The third-order valence-corrected chi connectivity index (χ3v) is 7.18. The number of piperidine rings is 1. The van der Waals surface area contributed by atoms with E-state index >= 15 is 0 Å². The van der Waals surface area contributed by atoms with Gasteiger partial charge < -0.3 is 10.2 Å². The number of aromatic nitrogens is 6. The van der Waals surface area contributed by atoms with E-state index in [1.54, 1.807) is 47.6 Å². The van der Waals surface area contributed by atoms with Crippen molar-refractivity contribution in [3.63, 3.8) is 0 Å². The van der Waals surface area contributed by atoms with E-state index < -0.39 is 0 Å². The molecular formula is C18H20N8S2. The second kappa shape index (κ2) is 7.19. The lowest BCUT2D eigenvalue weighted by molar-refractivity contribution is 0.371. The van der Waals surface area contributed by atoms with Crippen molar-refractivity contribution in [1.29, 1.82) is 0 Å². The number of nitrogens with zero attached hydrogens (tertiary/aromatic N) is 7. The smallest absolute Gasteiger partial charge is 0.188 e. The highest BCUT2D eigenvalue weighted by molar-refractivity contribution is 7.29. The van der Waals surface area contributed by atoms with Crippen LogP contribution in [0.3, 0.4) is 0 Å². The summed E-state index contributed by atoms with van der Waals surface area (Å²) in [7, 11) is 2.15. The van der Waals surface area contributed by atoms with Gasteiger partial charge in [0.05, 0.1) is 12.4 Å². The Morgan fingerprint density at radius 2 is 2.07 bits per heavy atom. The molecule has 0 aromatic carbocycles. The van der Waals surface area contributed by atoms with Gasteiger partial charge in [-0.1, -0.05) is 22.7 Å². The molecule has 4 aromatic heterocycles. The molecule has 8 nitrogen and oxygen atoms in total. The zero-order valence-corrected chi connectivity index (χ0v) is 17.2. The molecule has 4 aromatic rings. The van der Waals surface area contributed by atoms with Crippen LogP contribution in [0.25, 0.3) is 26.2 Å². The molecule has 5 heterocycles. The maximum Gasteiger partial charge on any atom is 0.188 e. The molecule has 0 unspecified atom stereocenters. The maximum atomic E-state index is 4.84. The third-order valence-electron chi connectivity index (χ3n) is 5.04. The molecule has 0 bridgehead atoms. The minimum atomic E-state index is 0.526. The number of hydrogen-bond donors (Lipinski definition) is 1. The van der Waals surface area contributed by atoms with Gasteiger partial charge >= 0.3 is 0 Å². The van der Waals surface area contributed by atoms with E-state index in [0.29, 0.717) is 12.1 Å². The molecular weight excluding hydrogens is 392 g/mol. The summed E-state index contributed by atoms with van der Waals surface area (Å²) < 4.78 is 1.82. The van der Waals surface area contributed by atoms with Gasteiger partial charge in [0.2, 0.25) is 0 Å². The van der Waals surface area contributed by atoms with E-state index in [9.17, 15) is 0 Å². The summed E-state index contributed by atoms with van der Waals surface area (Å²) in [4.78, 5) is 26.8. The van der Waals surface area contributed by atoms with Gasteiger partial charge in [-0.2, -0.15) is 0 Å². The Balaban J connectivity index is 1.37. The molecule has 1 saturated heterocycles. The van der Waals surface area contributed by atoms with E-state index in [2.05, 4.69) is 39.1 Å². The lowest BCUT2D eigenvalue weighted by Crippen LogP contribution is -2.45. The fraction of sp³-hybridized carbons (Fsp3) is 0.389. The maximum absolute atomic E-state index is 4.84. The SMILES string of the molecule is C[C@H]1C[C@H](N(C)c2nc3sc(-c4cnc(-n5ccnc5)cn4)nc3s2)CCN1. The summed E-state index contributed by atoms with van der Waals surface area (Å²) in [5.41, 5.74) is 0.765. The Labute approximate surface area is 170 Å². The zero-order valence-electron chi connectivity index (χ0n) is 15.6. The number of hydrogen-bond acceptors (Lipinski definition) is 9. The Bertz CT molecular complexity index is 1040. The summed E-state index contributed by atoms with van der Waals surface area (Å²) in [5.74, 6) is 0.734. The Morgan fingerprint density at radius 3 is 2.79 bits per heavy atom. The monoisotopic (exact) mass is 412 g/mol. The number of nitrogens with one attached hydrogen (secondary N) is 1. The van der Waals surface area contributed by atoms with Gasteiger partial charge in [-0.05, 0) is 26.3 Å². The first-order valence-corrected chi connectivity index (χ1v) is 10.8. The van der Waals surface area contributed by atoms with Gasteiger partial charge in [0.15, 0.2) is 20.6 Å². The van der Waals surface area contributed by atoms with Crippen LogP contribution in [0.15, 0.2) is 31.1 Å².